The molecule has 3 heterocycles. The van der Waals surface area contributed by atoms with Gasteiger partial charge in [0.05, 0.1) is 21.2 Å². The zero-order chi connectivity index (χ0) is 28.4. The number of likely N-dealkylation sites (tertiary alicyclic amines) is 1. The van der Waals surface area contributed by atoms with E-state index in [0.29, 0.717) is 16.4 Å². The third-order valence-electron chi connectivity index (χ3n) is 8.03. The third-order valence-corrected chi connectivity index (χ3v) is 11.0. The van der Waals surface area contributed by atoms with Crippen molar-refractivity contribution in [2.45, 2.75) is 62.6 Å². The first-order chi connectivity index (χ1) is 19.2. The summed E-state index contributed by atoms with van der Waals surface area (Å²) in [6, 6.07) is 16.7. The van der Waals surface area contributed by atoms with E-state index in [9.17, 15) is 29.9 Å². The maximum absolute atomic E-state index is 13.4. The summed E-state index contributed by atoms with van der Waals surface area (Å²) >= 11 is 2.84. The van der Waals surface area contributed by atoms with Crippen LogP contribution < -0.4 is 0 Å². The molecule has 40 heavy (non-hydrogen) atoms. The van der Waals surface area contributed by atoms with E-state index in [0.717, 1.165) is 37.9 Å². The monoisotopic (exact) mass is 583 g/mol. The summed E-state index contributed by atoms with van der Waals surface area (Å²) in [6.45, 7) is 3.62. The molecular weight excluding hydrogens is 550 g/mol. The van der Waals surface area contributed by atoms with Crippen molar-refractivity contribution in [1.29, 1.82) is 0 Å². The summed E-state index contributed by atoms with van der Waals surface area (Å²) in [4.78, 5) is 39.4. The number of carboxylic acids is 1. The summed E-state index contributed by atoms with van der Waals surface area (Å²) in [6.07, 6.45) is 2.97. The Bertz CT molecular complexity index is 1300. The summed E-state index contributed by atoms with van der Waals surface area (Å²) in [5, 5.41) is 32.2. The van der Waals surface area contributed by atoms with Gasteiger partial charge in [-0.1, -0.05) is 67.6 Å². The number of rotatable bonds is 11. The number of β-lactam (4-membered cyclic amide) rings is 1. The van der Waals surface area contributed by atoms with Crippen molar-refractivity contribution in [3.8, 4) is 0 Å². The number of non-ortho nitro benzene ring substituents is 1. The number of benzene rings is 2. The van der Waals surface area contributed by atoms with E-state index in [1.165, 1.54) is 46.1 Å². The highest BCUT2D eigenvalue weighted by molar-refractivity contribution is 8.23. The van der Waals surface area contributed by atoms with E-state index in [1.54, 1.807) is 19.1 Å². The predicted octanol–water partition coefficient (Wildman–Crippen LogP) is 4.85. The first kappa shape index (κ1) is 28.7. The molecule has 0 bridgehead atoms. The van der Waals surface area contributed by atoms with Gasteiger partial charge in [0.25, 0.3) is 5.69 Å². The highest BCUT2D eigenvalue weighted by Gasteiger charge is 2.68. The van der Waals surface area contributed by atoms with Crippen LogP contribution in [-0.2, 0) is 22.6 Å². The van der Waals surface area contributed by atoms with Gasteiger partial charge in [0.15, 0.2) is 5.70 Å². The molecule has 5 rings (SSSR count). The Labute approximate surface area is 241 Å². The number of aliphatic hydroxyl groups is 1. The van der Waals surface area contributed by atoms with E-state index in [2.05, 4.69) is 17.0 Å². The number of aliphatic carboxylic acids is 1. The average Bonchev–Trinajstić information content (AvgIpc) is 3.23. The first-order valence-corrected chi connectivity index (χ1v) is 15.4. The van der Waals surface area contributed by atoms with Crippen molar-refractivity contribution in [1.82, 2.24) is 9.80 Å². The van der Waals surface area contributed by atoms with Gasteiger partial charge in [0, 0.05) is 36.9 Å². The maximum Gasteiger partial charge on any atom is 0.354 e. The van der Waals surface area contributed by atoms with E-state index in [-0.39, 0.29) is 29.8 Å². The lowest BCUT2D eigenvalue weighted by atomic mass is 9.77. The SMILES string of the molecule is CC[C@H](O)[C@@H]1C(=O)N2C(C(=O)O)=C(SCC3CCCCN3Cc3ccccc3)S[C@]12Cc1ccc([N+](=O)[O-])cc1. The molecule has 2 saturated heterocycles. The molecule has 0 aliphatic carbocycles. The molecule has 9 nitrogen and oxygen atoms in total. The Hall–Kier alpha value is -2.86. The molecule has 2 aromatic carbocycles. The molecule has 2 N–H and O–H groups in total. The number of carboxylic acid groups (broad SMARTS) is 1. The number of aliphatic hydroxyl groups excluding tert-OH is 1. The number of piperidine rings is 1. The van der Waals surface area contributed by atoms with Gasteiger partial charge in [-0.25, -0.2) is 4.79 Å². The van der Waals surface area contributed by atoms with Crippen molar-refractivity contribution in [2.75, 3.05) is 12.3 Å². The molecule has 1 unspecified atom stereocenters. The first-order valence-electron chi connectivity index (χ1n) is 13.6. The number of nitrogens with zero attached hydrogens (tertiary/aromatic N) is 3. The predicted molar refractivity (Wildman–Crippen MR) is 155 cm³/mol. The Morgan fingerprint density at radius 3 is 2.55 bits per heavy atom. The number of carbonyl (C=O) groups is 2. The number of hydrogen-bond acceptors (Lipinski definition) is 8. The molecule has 2 fully saturated rings. The molecule has 0 saturated carbocycles. The zero-order valence-electron chi connectivity index (χ0n) is 22.3. The Morgan fingerprint density at radius 1 is 1.18 bits per heavy atom. The maximum atomic E-state index is 13.4. The summed E-state index contributed by atoms with van der Waals surface area (Å²) in [5.74, 6) is -1.62. The Balaban J connectivity index is 1.39. The van der Waals surface area contributed by atoms with Gasteiger partial charge < -0.3 is 10.2 Å². The van der Waals surface area contributed by atoms with Crippen LogP contribution in [-0.4, -0.2) is 66.1 Å². The number of hydrogen-bond donors (Lipinski definition) is 2. The number of thioether (sulfide) groups is 2. The number of nitro benzene ring substituents is 1. The molecule has 3 aliphatic rings. The molecule has 212 valence electrons. The van der Waals surface area contributed by atoms with Crippen molar-refractivity contribution in [3.63, 3.8) is 0 Å². The van der Waals surface area contributed by atoms with E-state index >= 15 is 0 Å². The van der Waals surface area contributed by atoms with E-state index in [4.69, 9.17) is 0 Å². The summed E-state index contributed by atoms with van der Waals surface area (Å²) in [7, 11) is 0. The van der Waals surface area contributed by atoms with Gasteiger partial charge in [-0.2, -0.15) is 0 Å². The fourth-order valence-electron chi connectivity index (χ4n) is 5.98. The molecule has 2 aromatic rings. The average molecular weight is 584 g/mol. The molecule has 3 aliphatic heterocycles. The summed E-state index contributed by atoms with van der Waals surface area (Å²) in [5.41, 5.74) is 1.92. The van der Waals surface area contributed by atoms with Gasteiger partial charge in [-0.3, -0.25) is 24.7 Å². The normalized spacial score (nSPS) is 25.4. The highest BCUT2D eigenvalue weighted by atomic mass is 32.2. The Morgan fingerprint density at radius 2 is 1.90 bits per heavy atom. The van der Waals surface area contributed by atoms with Crippen LogP contribution in [0.15, 0.2) is 64.5 Å². The molecule has 0 radical (unpaired) electrons. The second-order valence-corrected chi connectivity index (χ2v) is 13.1. The third kappa shape index (κ3) is 5.39. The zero-order valence-corrected chi connectivity index (χ0v) is 23.9. The van der Waals surface area contributed by atoms with Crippen LogP contribution in [0.2, 0.25) is 0 Å². The molecule has 0 spiro atoms. The fraction of sp³-hybridized carbons (Fsp3) is 0.448. The highest BCUT2D eigenvalue weighted by Crippen LogP contribution is 2.63. The smallest absolute Gasteiger partial charge is 0.354 e. The van der Waals surface area contributed by atoms with Crippen LogP contribution in [0.1, 0.15) is 43.7 Å². The lowest BCUT2D eigenvalue weighted by Gasteiger charge is -2.54. The van der Waals surface area contributed by atoms with Crippen LogP contribution in [0.4, 0.5) is 5.69 Å². The number of fused-ring (bicyclic) bond motifs is 1. The van der Waals surface area contributed by atoms with Crippen LogP contribution in [0.25, 0.3) is 0 Å². The van der Waals surface area contributed by atoms with Crippen LogP contribution >= 0.6 is 23.5 Å². The van der Waals surface area contributed by atoms with Gasteiger partial charge in [0.1, 0.15) is 4.87 Å². The molecule has 1 amide bonds. The van der Waals surface area contributed by atoms with E-state index in [1.807, 2.05) is 18.2 Å². The standard InChI is InChI=1S/C29H33N3O6S2/c1-2-23(33)24-26(34)31-25(27(35)36)28(40-29(24,31)16-19-11-13-21(14-12-19)32(37)38)39-18-22-10-6-7-15-30(22)17-20-8-4-3-5-9-20/h3-5,8-9,11-14,22-24,33H,2,6-7,10,15-18H2,1H3,(H,35,36)/t22?,23-,24+,29+/m0/s1. The minimum atomic E-state index is -1.16. The number of carbonyl (C=O) groups excluding carboxylic acids is 1. The molecule has 0 aromatic heterocycles. The minimum absolute atomic E-state index is 0.0214. The molecule has 4 atom stereocenters. The molecule has 11 heteroatoms. The Kier molecular flexibility index (Phi) is 8.55. The largest absolute Gasteiger partial charge is 0.477 e. The second-order valence-electron chi connectivity index (χ2n) is 10.5. The second kappa shape index (κ2) is 11.9. The quantitative estimate of drug-likeness (QED) is 0.217. The minimum Gasteiger partial charge on any atom is -0.477 e. The van der Waals surface area contributed by atoms with Gasteiger partial charge in [-0.15, -0.1) is 11.8 Å². The number of nitro groups is 1. The van der Waals surface area contributed by atoms with Crippen molar-refractivity contribution in [3.05, 3.63) is 85.8 Å². The van der Waals surface area contributed by atoms with Gasteiger partial charge >= 0.3 is 5.97 Å². The van der Waals surface area contributed by atoms with Crippen LogP contribution in [0, 0.1) is 16.0 Å². The van der Waals surface area contributed by atoms with Crippen molar-refractivity contribution >= 4 is 41.1 Å². The number of amides is 1. The molecular formula is C29H33N3O6S2. The van der Waals surface area contributed by atoms with Crippen molar-refractivity contribution in [2.24, 2.45) is 5.92 Å². The topological polar surface area (TPSA) is 124 Å². The summed E-state index contributed by atoms with van der Waals surface area (Å²) < 4.78 is 0.582. The lowest BCUT2D eigenvalue weighted by molar-refractivity contribution is -0.384. The van der Waals surface area contributed by atoms with Gasteiger partial charge in [-0.05, 0) is 36.9 Å². The van der Waals surface area contributed by atoms with E-state index < -0.39 is 27.8 Å². The van der Waals surface area contributed by atoms with Crippen molar-refractivity contribution < 1.29 is 24.7 Å². The fourth-order valence-corrected chi connectivity index (χ4v) is 9.38. The van der Waals surface area contributed by atoms with Crippen LogP contribution in [0.5, 0.6) is 0 Å². The van der Waals surface area contributed by atoms with Gasteiger partial charge in [0.2, 0.25) is 5.91 Å². The lowest BCUT2D eigenvalue weighted by Crippen LogP contribution is -2.71. The van der Waals surface area contributed by atoms with Crippen LogP contribution in [0.3, 0.4) is 0 Å².